The molecular formula is C24H26N2O3. The molecule has 29 heavy (non-hydrogen) atoms. The van der Waals surface area contributed by atoms with E-state index in [9.17, 15) is 4.79 Å². The average molecular weight is 390 g/mol. The lowest BCUT2D eigenvalue weighted by atomic mass is 10.0. The van der Waals surface area contributed by atoms with E-state index in [1.807, 2.05) is 18.2 Å². The Hall–Kier alpha value is -2.68. The Morgan fingerprint density at radius 2 is 1.86 bits per heavy atom. The van der Waals surface area contributed by atoms with Gasteiger partial charge in [0.25, 0.3) is 0 Å². The van der Waals surface area contributed by atoms with Crippen molar-refractivity contribution < 1.29 is 14.3 Å². The van der Waals surface area contributed by atoms with Gasteiger partial charge in [-0.1, -0.05) is 5.92 Å². The first kappa shape index (κ1) is 19.6. The number of ketones is 1. The van der Waals surface area contributed by atoms with E-state index < -0.39 is 0 Å². The highest BCUT2D eigenvalue weighted by atomic mass is 16.7. The highest BCUT2D eigenvalue weighted by Gasteiger charge is 2.16. The molecule has 1 aromatic heterocycles. The number of carbonyl (C=O) groups excluding carboxylic acids is 1. The number of ether oxygens (including phenoxy) is 2. The quantitative estimate of drug-likeness (QED) is 0.576. The molecule has 1 unspecified atom stereocenters. The summed E-state index contributed by atoms with van der Waals surface area (Å²) in [5.41, 5.74) is 1.85. The Morgan fingerprint density at radius 3 is 2.55 bits per heavy atom. The smallest absolute Gasteiger partial charge is 0.199 e. The van der Waals surface area contributed by atoms with Crippen molar-refractivity contribution in [2.75, 3.05) is 26.2 Å². The predicted octanol–water partition coefficient (Wildman–Crippen LogP) is 3.67. The zero-order valence-corrected chi connectivity index (χ0v) is 16.6. The minimum Gasteiger partial charge on any atom is -0.465 e. The van der Waals surface area contributed by atoms with E-state index >= 15 is 0 Å². The number of rotatable bonds is 5. The van der Waals surface area contributed by atoms with E-state index in [0.717, 1.165) is 51.3 Å². The third-order valence-electron chi connectivity index (χ3n) is 5.27. The molecule has 1 aromatic carbocycles. The topological polar surface area (TPSA) is 51.7 Å². The summed E-state index contributed by atoms with van der Waals surface area (Å²) in [5, 5.41) is 0. The second-order valence-electron chi connectivity index (χ2n) is 7.48. The van der Waals surface area contributed by atoms with Gasteiger partial charge >= 0.3 is 0 Å². The van der Waals surface area contributed by atoms with Crippen LogP contribution in [0.4, 0.5) is 0 Å². The molecule has 2 saturated heterocycles. The van der Waals surface area contributed by atoms with Crippen molar-refractivity contribution >= 4 is 5.78 Å². The molecule has 2 fully saturated rings. The van der Waals surface area contributed by atoms with Gasteiger partial charge in [0.1, 0.15) is 11.4 Å². The number of carbonyl (C=O) groups is 1. The lowest BCUT2D eigenvalue weighted by Crippen LogP contribution is -2.24. The van der Waals surface area contributed by atoms with Crippen LogP contribution in [0.2, 0.25) is 0 Å². The Kier molecular flexibility index (Phi) is 6.56. The van der Waals surface area contributed by atoms with E-state index in [1.54, 1.807) is 24.4 Å². The fourth-order valence-electron chi connectivity index (χ4n) is 3.59. The highest BCUT2D eigenvalue weighted by Crippen LogP contribution is 2.20. The molecule has 0 bridgehead atoms. The van der Waals surface area contributed by atoms with Gasteiger partial charge < -0.3 is 9.47 Å². The van der Waals surface area contributed by atoms with Crippen LogP contribution >= 0.6 is 0 Å². The Balaban J connectivity index is 1.34. The second-order valence-corrected chi connectivity index (χ2v) is 7.48. The van der Waals surface area contributed by atoms with Gasteiger partial charge in [-0.2, -0.15) is 0 Å². The fourth-order valence-corrected chi connectivity index (χ4v) is 3.59. The molecule has 3 heterocycles. The molecule has 2 aromatic rings. The summed E-state index contributed by atoms with van der Waals surface area (Å²) in [7, 11) is 0. The summed E-state index contributed by atoms with van der Waals surface area (Å²) in [6.07, 6.45) is 7.05. The third kappa shape index (κ3) is 5.44. The van der Waals surface area contributed by atoms with Crippen molar-refractivity contribution in [3.63, 3.8) is 0 Å². The summed E-state index contributed by atoms with van der Waals surface area (Å²) >= 11 is 0. The molecule has 5 heteroatoms. The zero-order chi connectivity index (χ0) is 19.9. The van der Waals surface area contributed by atoms with E-state index in [2.05, 4.69) is 21.7 Å². The van der Waals surface area contributed by atoms with Gasteiger partial charge in [-0.05, 0) is 81.1 Å². The van der Waals surface area contributed by atoms with Crippen molar-refractivity contribution in [1.29, 1.82) is 0 Å². The summed E-state index contributed by atoms with van der Waals surface area (Å²) in [6.45, 7) is 3.79. The van der Waals surface area contributed by atoms with E-state index in [0.29, 0.717) is 16.8 Å². The molecule has 0 amide bonds. The molecule has 150 valence electrons. The van der Waals surface area contributed by atoms with Gasteiger partial charge in [0, 0.05) is 23.7 Å². The number of aromatic nitrogens is 1. The maximum Gasteiger partial charge on any atom is 0.199 e. The largest absolute Gasteiger partial charge is 0.465 e. The van der Waals surface area contributed by atoms with Crippen molar-refractivity contribution in [2.24, 2.45) is 0 Å². The molecule has 5 nitrogen and oxygen atoms in total. The molecule has 0 saturated carbocycles. The van der Waals surface area contributed by atoms with Crippen LogP contribution in [0.3, 0.4) is 0 Å². The molecule has 0 spiro atoms. The van der Waals surface area contributed by atoms with Crippen LogP contribution in [0.25, 0.3) is 0 Å². The van der Waals surface area contributed by atoms with Crippen LogP contribution < -0.4 is 4.74 Å². The molecule has 0 aliphatic carbocycles. The van der Waals surface area contributed by atoms with Crippen LogP contribution in [0.1, 0.15) is 53.7 Å². The summed E-state index contributed by atoms with van der Waals surface area (Å²) in [6, 6.07) is 10.8. The Bertz CT molecular complexity index is 869. The summed E-state index contributed by atoms with van der Waals surface area (Å²) in [4.78, 5) is 19.4. The molecule has 2 aliphatic rings. The highest BCUT2D eigenvalue weighted by molar-refractivity contribution is 6.08. The maximum absolute atomic E-state index is 12.7. The van der Waals surface area contributed by atoms with Gasteiger partial charge in [0.15, 0.2) is 12.1 Å². The summed E-state index contributed by atoms with van der Waals surface area (Å²) in [5.74, 6) is 6.91. The zero-order valence-electron chi connectivity index (χ0n) is 16.6. The Morgan fingerprint density at radius 1 is 1.07 bits per heavy atom. The van der Waals surface area contributed by atoms with E-state index in [4.69, 9.17) is 9.47 Å². The Labute approximate surface area is 172 Å². The number of hydrogen-bond acceptors (Lipinski definition) is 5. The first-order chi connectivity index (χ1) is 14.3. The van der Waals surface area contributed by atoms with Crippen LogP contribution in [0.15, 0.2) is 42.6 Å². The van der Waals surface area contributed by atoms with Crippen LogP contribution in [-0.2, 0) is 4.74 Å². The maximum atomic E-state index is 12.7. The van der Waals surface area contributed by atoms with Crippen molar-refractivity contribution in [3.8, 4) is 17.6 Å². The lowest BCUT2D eigenvalue weighted by Gasteiger charge is -2.23. The summed E-state index contributed by atoms with van der Waals surface area (Å²) < 4.78 is 11.4. The van der Waals surface area contributed by atoms with Crippen LogP contribution in [0.5, 0.6) is 5.75 Å². The minimum atomic E-state index is -0.186. The molecule has 4 rings (SSSR count). The molecule has 1 atom stereocenters. The number of nitrogens with zero attached hydrogens (tertiary/aromatic N) is 2. The number of benzene rings is 1. The van der Waals surface area contributed by atoms with Crippen molar-refractivity contribution in [3.05, 3.63) is 59.4 Å². The number of hydrogen-bond donors (Lipinski definition) is 0. The lowest BCUT2D eigenvalue weighted by molar-refractivity contribution is -0.105. The monoisotopic (exact) mass is 390 g/mol. The molecular weight excluding hydrogens is 364 g/mol. The average Bonchev–Trinajstić information content (AvgIpc) is 3.29. The van der Waals surface area contributed by atoms with Gasteiger partial charge in [-0.25, -0.2) is 4.98 Å². The standard InChI is InChI=1S/C24H26N2O3/c27-24(19-9-12-22(13-10-19)29-23-7-1-4-17-28-23)20-8-11-21(25-18-20)6-5-16-26-14-2-3-15-26/h8-13,18,23H,1-4,7,14-17H2. The second kappa shape index (κ2) is 9.69. The SMILES string of the molecule is O=C(c1ccc(OC2CCCCO2)cc1)c1ccc(C#CCN2CCCC2)nc1. The number of pyridine rings is 1. The van der Waals surface area contributed by atoms with Crippen molar-refractivity contribution in [1.82, 2.24) is 9.88 Å². The molecule has 0 radical (unpaired) electrons. The molecule has 0 N–H and O–H groups in total. The normalized spacial score (nSPS) is 19.4. The third-order valence-corrected chi connectivity index (χ3v) is 5.27. The van der Waals surface area contributed by atoms with Gasteiger partial charge in [-0.15, -0.1) is 0 Å². The predicted molar refractivity (Wildman–Crippen MR) is 111 cm³/mol. The minimum absolute atomic E-state index is 0.0606. The van der Waals surface area contributed by atoms with E-state index in [-0.39, 0.29) is 12.1 Å². The van der Waals surface area contributed by atoms with Gasteiger partial charge in [-0.3, -0.25) is 9.69 Å². The fraction of sp³-hybridized carbons (Fsp3) is 0.417. The van der Waals surface area contributed by atoms with Crippen molar-refractivity contribution in [2.45, 2.75) is 38.4 Å². The van der Waals surface area contributed by atoms with Gasteiger partial charge in [0.05, 0.1) is 13.2 Å². The van der Waals surface area contributed by atoms with Crippen LogP contribution in [0, 0.1) is 11.8 Å². The first-order valence-electron chi connectivity index (χ1n) is 10.4. The number of likely N-dealkylation sites (tertiary alicyclic amines) is 1. The first-order valence-corrected chi connectivity index (χ1v) is 10.4. The van der Waals surface area contributed by atoms with Gasteiger partial charge in [0.2, 0.25) is 0 Å². The van der Waals surface area contributed by atoms with Crippen LogP contribution in [-0.4, -0.2) is 48.2 Å². The van der Waals surface area contributed by atoms with E-state index in [1.165, 1.54) is 12.8 Å². The molecule has 2 aliphatic heterocycles.